The lowest BCUT2D eigenvalue weighted by Gasteiger charge is -2.09. The van der Waals surface area contributed by atoms with Crippen LogP contribution in [-0.4, -0.2) is 5.91 Å². The summed E-state index contributed by atoms with van der Waals surface area (Å²) in [6.45, 7) is 2.50. The van der Waals surface area contributed by atoms with Crippen LogP contribution in [-0.2, 0) is 11.3 Å². The Bertz CT molecular complexity index is 581. The molecule has 2 rings (SSSR count). The topological polar surface area (TPSA) is 41.1 Å². The second kappa shape index (κ2) is 6.96. The van der Waals surface area contributed by atoms with Crippen molar-refractivity contribution in [3.05, 3.63) is 59.1 Å². The average Bonchev–Trinajstić information content (AvgIpc) is 2.48. The number of anilines is 2. The summed E-state index contributed by atoms with van der Waals surface area (Å²) < 4.78 is 0. The molecule has 0 spiro atoms. The first-order chi connectivity index (χ1) is 9.69. The average molecular weight is 289 g/mol. The number of carbonyl (C=O) groups excluding carboxylic acids is 1. The summed E-state index contributed by atoms with van der Waals surface area (Å²) in [5, 5.41) is 6.87. The summed E-state index contributed by atoms with van der Waals surface area (Å²) in [5.74, 6) is 0.0155. The molecule has 0 unspecified atom stereocenters. The third kappa shape index (κ3) is 4.00. The lowest BCUT2D eigenvalue weighted by Crippen LogP contribution is -2.09. The maximum Gasteiger partial charge on any atom is 0.224 e. The zero-order chi connectivity index (χ0) is 14.4. The summed E-state index contributed by atoms with van der Waals surface area (Å²) in [6, 6.07) is 15.4. The first-order valence-corrected chi connectivity index (χ1v) is 6.94. The summed E-state index contributed by atoms with van der Waals surface area (Å²) >= 11 is 6.10. The Labute approximate surface area is 124 Å². The van der Waals surface area contributed by atoms with Crippen LogP contribution >= 0.6 is 11.6 Å². The van der Waals surface area contributed by atoms with Gasteiger partial charge in [0, 0.05) is 29.4 Å². The Morgan fingerprint density at radius 2 is 1.70 bits per heavy atom. The van der Waals surface area contributed by atoms with Gasteiger partial charge in [0.2, 0.25) is 5.91 Å². The van der Waals surface area contributed by atoms with Gasteiger partial charge in [-0.3, -0.25) is 4.79 Å². The van der Waals surface area contributed by atoms with Crippen molar-refractivity contribution in [2.75, 3.05) is 10.6 Å². The maximum absolute atomic E-state index is 11.3. The molecule has 0 fully saturated rings. The molecule has 0 atom stereocenters. The zero-order valence-electron chi connectivity index (χ0n) is 11.3. The standard InChI is InChI=1S/C16H17ClN2O/c1-2-16(20)19-14-9-7-13(8-10-14)18-11-12-5-3-4-6-15(12)17/h3-10,18H,2,11H2,1H3,(H,19,20). The lowest BCUT2D eigenvalue weighted by atomic mass is 10.2. The van der Waals surface area contributed by atoms with Crippen LogP contribution in [0.2, 0.25) is 5.02 Å². The van der Waals surface area contributed by atoms with Crippen molar-refractivity contribution in [1.29, 1.82) is 0 Å². The number of halogens is 1. The van der Waals surface area contributed by atoms with E-state index in [0.717, 1.165) is 22.0 Å². The van der Waals surface area contributed by atoms with Gasteiger partial charge < -0.3 is 10.6 Å². The molecule has 0 aliphatic rings. The summed E-state index contributed by atoms with van der Waals surface area (Å²) in [4.78, 5) is 11.3. The third-order valence-corrected chi connectivity index (χ3v) is 3.30. The quantitative estimate of drug-likeness (QED) is 0.861. The largest absolute Gasteiger partial charge is 0.381 e. The van der Waals surface area contributed by atoms with Crippen LogP contribution in [0, 0.1) is 0 Å². The molecule has 0 bridgehead atoms. The van der Waals surface area contributed by atoms with Gasteiger partial charge in [0.1, 0.15) is 0 Å². The predicted molar refractivity (Wildman–Crippen MR) is 84.1 cm³/mol. The Kier molecular flexibility index (Phi) is 5.02. The minimum Gasteiger partial charge on any atom is -0.381 e. The van der Waals surface area contributed by atoms with Crippen molar-refractivity contribution in [2.45, 2.75) is 19.9 Å². The Hall–Kier alpha value is -2.00. The minimum atomic E-state index is 0.0155. The molecule has 1 amide bonds. The molecule has 0 heterocycles. The monoisotopic (exact) mass is 288 g/mol. The number of amides is 1. The van der Waals surface area contributed by atoms with Crippen molar-refractivity contribution >= 4 is 28.9 Å². The molecule has 2 N–H and O–H groups in total. The second-order valence-corrected chi connectivity index (χ2v) is 4.83. The van der Waals surface area contributed by atoms with Crippen LogP contribution < -0.4 is 10.6 Å². The van der Waals surface area contributed by atoms with Crippen molar-refractivity contribution < 1.29 is 4.79 Å². The first-order valence-electron chi connectivity index (χ1n) is 6.56. The van der Waals surface area contributed by atoms with Crippen LogP contribution in [0.15, 0.2) is 48.5 Å². The van der Waals surface area contributed by atoms with E-state index in [1.807, 2.05) is 55.5 Å². The minimum absolute atomic E-state index is 0.0155. The predicted octanol–water partition coefficient (Wildman–Crippen LogP) is 4.30. The van der Waals surface area contributed by atoms with Gasteiger partial charge in [-0.05, 0) is 35.9 Å². The number of nitrogens with one attached hydrogen (secondary N) is 2. The number of hydrogen-bond donors (Lipinski definition) is 2. The molecule has 0 aromatic heterocycles. The molecule has 2 aromatic rings. The van der Waals surface area contributed by atoms with E-state index in [0.29, 0.717) is 13.0 Å². The first kappa shape index (κ1) is 14.4. The molecule has 20 heavy (non-hydrogen) atoms. The van der Waals surface area contributed by atoms with Crippen LogP contribution in [0.3, 0.4) is 0 Å². The molecular weight excluding hydrogens is 272 g/mol. The molecule has 0 saturated carbocycles. The highest BCUT2D eigenvalue weighted by Gasteiger charge is 2.00. The van der Waals surface area contributed by atoms with Crippen LogP contribution in [0.25, 0.3) is 0 Å². The van der Waals surface area contributed by atoms with Gasteiger partial charge in [-0.2, -0.15) is 0 Å². The molecule has 0 saturated heterocycles. The molecule has 3 nitrogen and oxygen atoms in total. The number of benzene rings is 2. The van der Waals surface area contributed by atoms with Gasteiger partial charge in [0.25, 0.3) is 0 Å². The fourth-order valence-electron chi connectivity index (χ4n) is 1.76. The van der Waals surface area contributed by atoms with E-state index < -0.39 is 0 Å². The fourth-order valence-corrected chi connectivity index (χ4v) is 1.96. The van der Waals surface area contributed by atoms with Crippen molar-refractivity contribution in [3.8, 4) is 0 Å². The lowest BCUT2D eigenvalue weighted by molar-refractivity contribution is -0.115. The number of hydrogen-bond acceptors (Lipinski definition) is 2. The molecule has 2 aromatic carbocycles. The molecule has 0 aliphatic carbocycles. The van der Waals surface area contributed by atoms with Gasteiger partial charge in [0.05, 0.1) is 0 Å². The third-order valence-electron chi connectivity index (χ3n) is 2.93. The van der Waals surface area contributed by atoms with Gasteiger partial charge in [-0.15, -0.1) is 0 Å². The van der Waals surface area contributed by atoms with Gasteiger partial charge >= 0.3 is 0 Å². The van der Waals surface area contributed by atoms with Crippen LogP contribution in [0.1, 0.15) is 18.9 Å². The molecule has 0 aliphatic heterocycles. The van der Waals surface area contributed by atoms with E-state index >= 15 is 0 Å². The number of carbonyl (C=O) groups is 1. The normalized spacial score (nSPS) is 10.1. The Morgan fingerprint density at radius 3 is 2.35 bits per heavy atom. The van der Waals surface area contributed by atoms with Gasteiger partial charge in [-0.25, -0.2) is 0 Å². The van der Waals surface area contributed by atoms with Gasteiger partial charge in [0.15, 0.2) is 0 Å². The zero-order valence-corrected chi connectivity index (χ0v) is 12.1. The van der Waals surface area contributed by atoms with E-state index in [1.54, 1.807) is 0 Å². The van der Waals surface area contributed by atoms with E-state index in [2.05, 4.69) is 10.6 Å². The summed E-state index contributed by atoms with van der Waals surface area (Å²) in [6.07, 6.45) is 0.479. The SMILES string of the molecule is CCC(=O)Nc1ccc(NCc2ccccc2Cl)cc1. The molecule has 4 heteroatoms. The van der Waals surface area contributed by atoms with Crippen LogP contribution in [0.4, 0.5) is 11.4 Å². The van der Waals surface area contributed by atoms with Gasteiger partial charge in [-0.1, -0.05) is 36.7 Å². The van der Waals surface area contributed by atoms with E-state index in [9.17, 15) is 4.79 Å². The smallest absolute Gasteiger partial charge is 0.224 e. The molecule has 104 valence electrons. The Balaban J connectivity index is 1.94. The van der Waals surface area contributed by atoms with E-state index in [1.165, 1.54) is 0 Å². The highest BCUT2D eigenvalue weighted by molar-refractivity contribution is 6.31. The van der Waals surface area contributed by atoms with E-state index in [-0.39, 0.29) is 5.91 Å². The summed E-state index contributed by atoms with van der Waals surface area (Å²) in [5.41, 5.74) is 2.84. The molecular formula is C16H17ClN2O. The number of rotatable bonds is 5. The van der Waals surface area contributed by atoms with Crippen molar-refractivity contribution in [1.82, 2.24) is 0 Å². The highest BCUT2D eigenvalue weighted by atomic mass is 35.5. The summed E-state index contributed by atoms with van der Waals surface area (Å²) in [7, 11) is 0. The van der Waals surface area contributed by atoms with Crippen molar-refractivity contribution in [2.24, 2.45) is 0 Å². The maximum atomic E-state index is 11.3. The second-order valence-electron chi connectivity index (χ2n) is 4.42. The van der Waals surface area contributed by atoms with Crippen molar-refractivity contribution in [3.63, 3.8) is 0 Å². The highest BCUT2D eigenvalue weighted by Crippen LogP contribution is 2.18. The fraction of sp³-hybridized carbons (Fsp3) is 0.188. The molecule has 0 radical (unpaired) electrons. The van der Waals surface area contributed by atoms with E-state index in [4.69, 9.17) is 11.6 Å². The van der Waals surface area contributed by atoms with Crippen LogP contribution in [0.5, 0.6) is 0 Å². The Morgan fingerprint density at radius 1 is 1.05 bits per heavy atom.